The molecule has 0 saturated carbocycles. The first-order valence-electron chi connectivity index (χ1n) is 7.36. The molecule has 0 spiro atoms. The number of carbonyl (C=O) groups excluding carboxylic acids is 1. The van der Waals surface area contributed by atoms with Crippen LogP contribution in [-0.2, 0) is 20.9 Å². The van der Waals surface area contributed by atoms with Crippen LogP contribution < -0.4 is 0 Å². The lowest BCUT2D eigenvalue weighted by Crippen LogP contribution is -2.50. The first-order valence-corrected chi connectivity index (χ1v) is 7.36. The molecular formula is C16H21NO5. The van der Waals surface area contributed by atoms with E-state index in [0.29, 0.717) is 13.2 Å². The topological polar surface area (TPSA) is 87.1 Å². The smallest absolute Gasteiger partial charge is 0.335 e. The minimum atomic E-state index is -1.69. The summed E-state index contributed by atoms with van der Waals surface area (Å²) in [5.74, 6) is -1.29. The summed E-state index contributed by atoms with van der Waals surface area (Å²) in [4.78, 5) is 24.5. The Morgan fingerprint density at radius 3 is 2.41 bits per heavy atom. The number of benzene rings is 1. The molecule has 1 aliphatic rings. The van der Waals surface area contributed by atoms with E-state index in [2.05, 4.69) is 0 Å². The molecule has 1 heterocycles. The van der Waals surface area contributed by atoms with E-state index in [-0.39, 0.29) is 38.3 Å². The number of amides is 1. The zero-order chi connectivity index (χ0) is 16.0. The van der Waals surface area contributed by atoms with Crippen molar-refractivity contribution in [2.45, 2.75) is 31.5 Å². The highest BCUT2D eigenvalue weighted by atomic mass is 16.5. The number of carbonyl (C=O) groups is 2. The number of ether oxygens (including phenoxy) is 1. The highest BCUT2D eigenvalue weighted by molar-refractivity contribution is 5.79. The van der Waals surface area contributed by atoms with E-state index >= 15 is 0 Å². The van der Waals surface area contributed by atoms with E-state index in [1.54, 1.807) is 4.90 Å². The molecule has 2 N–H and O–H groups in total. The van der Waals surface area contributed by atoms with Crippen LogP contribution in [0.1, 0.15) is 24.8 Å². The molecule has 1 aromatic carbocycles. The van der Waals surface area contributed by atoms with Gasteiger partial charge in [-0.3, -0.25) is 4.79 Å². The number of hydrogen-bond donors (Lipinski definition) is 2. The lowest BCUT2D eigenvalue weighted by Gasteiger charge is -2.35. The van der Waals surface area contributed by atoms with Crippen molar-refractivity contribution in [3.63, 3.8) is 0 Å². The lowest BCUT2D eigenvalue weighted by atomic mass is 9.91. The number of piperidine rings is 1. The largest absolute Gasteiger partial charge is 0.479 e. The average Bonchev–Trinajstić information content (AvgIpc) is 2.53. The van der Waals surface area contributed by atoms with Gasteiger partial charge in [-0.05, 0) is 5.56 Å². The number of aliphatic hydroxyl groups is 1. The minimum absolute atomic E-state index is 0.0684. The van der Waals surface area contributed by atoms with Gasteiger partial charge in [0.2, 0.25) is 5.91 Å². The second-order valence-corrected chi connectivity index (χ2v) is 5.51. The van der Waals surface area contributed by atoms with Gasteiger partial charge in [0.1, 0.15) is 0 Å². The molecule has 1 aliphatic heterocycles. The zero-order valence-corrected chi connectivity index (χ0v) is 12.4. The van der Waals surface area contributed by atoms with Gasteiger partial charge in [0.15, 0.2) is 5.60 Å². The van der Waals surface area contributed by atoms with Crippen LogP contribution in [-0.4, -0.2) is 52.3 Å². The fourth-order valence-electron chi connectivity index (χ4n) is 2.42. The molecule has 1 amide bonds. The van der Waals surface area contributed by atoms with Crippen LogP contribution in [0.2, 0.25) is 0 Å². The Balaban J connectivity index is 1.67. The number of hydrogen-bond acceptors (Lipinski definition) is 4. The molecule has 1 fully saturated rings. The number of nitrogens with zero attached hydrogens (tertiary/aromatic N) is 1. The van der Waals surface area contributed by atoms with E-state index in [1.807, 2.05) is 30.3 Å². The third-order valence-electron chi connectivity index (χ3n) is 3.91. The average molecular weight is 307 g/mol. The van der Waals surface area contributed by atoms with Crippen LogP contribution >= 0.6 is 0 Å². The van der Waals surface area contributed by atoms with Gasteiger partial charge in [0, 0.05) is 25.9 Å². The predicted molar refractivity (Wildman–Crippen MR) is 79.1 cm³/mol. The number of carboxylic acids is 1. The van der Waals surface area contributed by atoms with Gasteiger partial charge in [0.05, 0.1) is 19.6 Å². The first kappa shape index (κ1) is 16.5. The normalized spacial score (nSPS) is 17.2. The van der Waals surface area contributed by atoms with Gasteiger partial charge >= 0.3 is 5.97 Å². The van der Waals surface area contributed by atoms with Crippen molar-refractivity contribution < 1.29 is 24.5 Å². The second kappa shape index (κ2) is 7.38. The number of likely N-dealkylation sites (tertiary alicyclic amines) is 1. The monoisotopic (exact) mass is 307 g/mol. The fourth-order valence-corrected chi connectivity index (χ4v) is 2.42. The molecule has 1 aromatic rings. The van der Waals surface area contributed by atoms with Crippen LogP contribution in [0.3, 0.4) is 0 Å². The van der Waals surface area contributed by atoms with Crippen LogP contribution in [0.15, 0.2) is 30.3 Å². The SMILES string of the molecule is O=C(CCOCc1ccccc1)N1CCC(O)(C(=O)O)CC1. The Morgan fingerprint density at radius 1 is 1.18 bits per heavy atom. The van der Waals surface area contributed by atoms with E-state index in [0.717, 1.165) is 5.56 Å². The van der Waals surface area contributed by atoms with Crippen molar-refractivity contribution >= 4 is 11.9 Å². The number of aliphatic carboxylic acids is 1. The molecule has 22 heavy (non-hydrogen) atoms. The number of carboxylic acid groups (broad SMARTS) is 1. The molecule has 0 unspecified atom stereocenters. The Labute approximate surface area is 129 Å². The van der Waals surface area contributed by atoms with Crippen molar-refractivity contribution in [2.75, 3.05) is 19.7 Å². The van der Waals surface area contributed by atoms with E-state index in [9.17, 15) is 14.7 Å². The van der Waals surface area contributed by atoms with Crippen LogP contribution in [0, 0.1) is 0 Å². The Hall–Kier alpha value is -1.92. The maximum atomic E-state index is 12.0. The van der Waals surface area contributed by atoms with Gasteiger partial charge in [-0.15, -0.1) is 0 Å². The molecule has 0 atom stereocenters. The highest BCUT2D eigenvalue weighted by Gasteiger charge is 2.40. The molecule has 2 rings (SSSR count). The maximum Gasteiger partial charge on any atom is 0.335 e. The molecule has 0 aliphatic carbocycles. The molecule has 6 heteroatoms. The van der Waals surface area contributed by atoms with Crippen molar-refractivity contribution in [3.05, 3.63) is 35.9 Å². The van der Waals surface area contributed by atoms with Gasteiger partial charge in [-0.25, -0.2) is 4.79 Å². The standard InChI is InChI=1S/C16H21NO5/c18-14(6-11-22-12-13-4-2-1-3-5-13)17-9-7-16(21,8-10-17)15(19)20/h1-5,21H,6-12H2,(H,19,20). The third kappa shape index (κ3) is 4.29. The summed E-state index contributed by atoms with van der Waals surface area (Å²) >= 11 is 0. The summed E-state index contributed by atoms with van der Waals surface area (Å²) in [7, 11) is 0. The zero-order valence-electron chi connectivity index (χ0n) is 12.4. The first-order chi connectivity index (χ1) is 10.5. The van der Waals surface area contributed by atoms with Gasteiger partial charge in [-0.1, -0.05) is 30.3 Å². The molecule has 6 nitrogen and oxygen atoms in total. The molecule has 0 bridgehead atoms. The second-order valence-electron chi connectivity index (χ2n) is 5.51. The fraction of sp³-hybridized carbons (Fsp3) is 0.500. The van der Waals surface area contributed by atoms with Gasteiger partial charge in [-0.2, -0.15) is 0 Å². The van der Waals surface area contributed by atoms with Crippen molar-refractivity contribution in [2.24, 2.45) is 0 Å². The van der Waals surface area contributed by atoms with Crippen LogP contribution in [0.25, 0.3) is 0 Å². The van der Waals surface area contributed by atoms with Crippen molar-refractivity contribution in [3.8, 4) is 0 Å². The quantitative estimate of drug-likeness (QED) is 0.767. The number of rotatable bonds is 6. The Bertz CT molecular complexity index is 509. The van der Waals surface area contributed by atoms with E-state index in [4.69, 9.17) is 9.84 Å². The molecular weight excluding hydrogens is 286 g/mol. The summed E-state index contributed by atoms with van der Waals surface area (Å²) in [5.41, 5.74) is -0.639. The Kier molecular flexibility index (Phi) is 5.51. The van der Waals surface area contributed by atoms with Crippen LogP contribution in [0.4, 0.5) is 0 Å². The Morgan fingerprint density at radius 2 is 1.82 bits per heavy atom. The molecule has 1 saturated heterocycles. The summed E-state index contributed by atoms with van der Waals surface area (Å²) < 4.78 is 5.47. The summed E-state index contributed by atoms with van der Waals surface area (Å²) in [6, 6.07) is 9.71. The third-order valence-corrected chi connectivity index (χ3v) is 3.91. The summed E-state index contributed by atoms with van der Waals surface area (Å²) in [5, 5.41) is 18.8. The van der Waals surface area contributed by atoms with Crippen molar-refractivity contribution in [1.29, 1.82) is 0 Å². The van der Waals surface area contributed by atoms with Crippen molar-refractivity contribution in [1.82, 2.24) is 4.90 Å². The molecule has 120 valence electrons. The van der Waals surface area contributed by atoms with E-state index in [1.165, 1.54) is 0 Å². The van der Waals surface area contributed by atoms with Gasteiger partial charge < -0.3 is 19.8 Å². The predicted octanol–water partition coefficient (Wildman–Crippen LogP) is 1.03. The summed E-state index contributed by atoms with van der Waals surface area (Å²) in [6.45, 7) is 1.32. The minimum Gasteiger partial charge on any atom is -0.479 e. The maximum absolute atomic E-state index is 12.0. The van der Waals surface area contributed by atoms with Gasteiger partial charge in [0.25, 0.3) is 0 Å². The lowest BCUT2D eigenvalue weighted by molar-refractivity contribution is -0.165. The molecule has 0 aromatic heterocycles. The van der Waals surface area contributed by atoms with Crippen LogP contribution in [0.5, 0.6) is 0 Å². The van der Waals surface area contributed by atoms with E-state index < -0.39 is 11.6 Å². The highest BCUT2D eigenvalue weighted by Crippen LogP contribution is 2.22. The summed E-state index contributed by atoms with van der Waals surface area (Å²) in [6.07, 6.45) is 0.399. The molecule has 0 radical (unpaired) electrons.